The molecular weight excluding hydrogens is 417 g/mol. The zero-order valence-corrected chi connectivity index (χ0v) is 18.1. The van der Waals surface area contributed by atoms with E-state index in [9.17, 15) is 18.0 Å². The Kier molecular flexibility index (Phi) is 7.18. The predicted molar refractivity (Wildman–Crippen MR) is 118 cm³/mol. The molecule has 1 atom stereocenters. The van der Waals surface area contributed by atoms with Gasteiger partial charge in [-0.25, -0.2) is 4.79 Å². The Morgan fingerprint density at radius 2 is 1.56 bits per heavy atom. The van der Waals surface area contributed by atoms with Gasteiger partial charge in [0.1, 0.15) is 0 Å². The number of carbonyl (C=O) groups is 1. The molecule has 1 heterocycles. The van der Waals surface area contributed by atoms with Crippen LogP contribution in [0.2, 0.25) is 0 Å². The van der Waals surface area contributed by atoms with Gasteiger partial charge in [-0.1, -0.05) is 38.1 Å². The Bertz CT molecular complexity index is 1030. The Balaban J connectivity index is 1.76. The van der Waals surface area contributed by atoms with Crippen molar-refractivity contribution in [1.82, 2.24) is 4.98 Å². The summed E-state index contributed by atoms with van der Waals surface area (Å²) in [6, 6.07) is 16.1. The van der Waals surface area contributed by atoms with Crippen LogP contribution in [0.4, 0.5) is 18.9 Å². The lowest BCUT2D eigenvalue weighted by atomic mass is 9.99. The average Bonchev–Trinajstić information content (AvgIpc) is 2.78. The summed E-state index contributed by atoms with van der Waals surface area (Å²) < 4.78 is 43.0. The van der Waals surface area contributed by atoms with Crippen LogP contribution in [-0.4, -0.2) is 18.1 Å². The number of esters is 1. The molecule has 0 saturated heterocycles. The van der Waals surface area contributed by atoms with Gasteiger partial charge >= 0.3 is 12.1 Å². The van der Waals surface area contributed by atoms with Crippen molar-refractivity contribution in [3.63, 3.8) is 0 Å². The molecule has 3 rings (SSSR count). The molecule has 0 saturated carbocycles. The number of nitrogens with zero attached hydrogens (tertiary/aromatic N) is 1. The number of benzene rings is 2. The van der Waals surface area contributed by atoms with Gasteiger partial charge < -0.3 is 10.1 Å². The molecule has 1 aromatic heterocycles. The van der Waals surface area contributed by atoms with Crippen molar-refractivity contribution in [2.24, 2.45) is 5.92 Å². The normalized spacial score (nSPS) is 12.5. The molecule has 0 aliphatic carbocycles. The van der Waals surface area contributed by atoms with Gasteiger partial charge in [0.2, 0.25) is 0 Å². The summed E-state index contributed by atoms with van der Waals surface area (Å²) in [7, 11) is 1.33. The highest BCUT2D eigenvalue weighted by Crippen LogP contribution is 2.32. The smallest absolute Gasteiger partial charge is 0.416 e. The Hall–Kier alpha value is -3.35. The maximum Gasteiger partial charge on any atom is 0.416 e. The van der Waals surface area contributed by atoms with Gasteiger partial charge in [0.05, 0.1) is 30.0 Å². The van der Waals surface area contributed by atoms with Crippen molar-refractivity contribution in [3.05, 3.63) is 83.7 Å². The summed E-state index contributed by atoms with van der Waals surface area (Å²) in [6.07, 6.45) is -2.02. The lowest BCUT2D eigenvalue weighted by Crippen LogP contribution is -2.15. The predicted octanol–water partition coefficient (Wildman–Crippen LogP) is 6.75. The number of hydrogen-bond acceptors (Lipinski definition) is 4. The fourth-order valence-corrected chi connectivity index (χ4v) is 3.39. The first kappa shape index (κ1) is 23.3. The molecular formula is C25H25F3N2O2. The Morgan fingerprint density at radius 1 is 0.969 bits per heavy atom. The molecule has 0 aliphatic heterocycles. The summed E-state index contributed by atoms with van der Waals surface area (Å²) in [5.74, 6) is -0.0303. The highest BCUT2D eigenvalue weighted by molar-refractivity contribution is 5.88. The fraction of sp³-hybridized carbons (Fsp3) is 0.280. The summed E-state index contributed by atoms with van der Waals surface area (Å²) in [5, 5.41) is 3.47. The standard InChI is InChI=1S/C25H25F3N2O2/c1-16(2)14-23(22-13-8-19(15-29-22)24(31)32-3)30-21-11-6-18(7-12-21)17-4-9-20(10-5-17)25(26,27)28/h4-13,15-16,23,30H,14H2,1-3H3. The lowest BCUT2D eigenvalue weighted by Gasteiger charge is -2.22. The van der Waals surface area contributed by atoms with Crippen molar-refractivity contribution >= 4 is 11.7 Å². The SMILES string of the molecule is COC(=O)c1ccc(C(CC(C)C)Nc2ccc(-c3ccc(C(F)(F)F)cc3)cc2)nc1. The zero-order valence-electron chi connectivity index (χ0n) is 18.1. The molecule has 0 bridgehead atoms. The second-order valence-electron chi connectivity index (χ2n) is 7.94. The third kappa shape index (κ3) is 5.87. The number of alkyl halides is 3. The molecule has 0 fully saturated rings. The molecule has 2 aromatic carbocycles. The first-order valence-corrected chi connectivity index (χ1v) is 10.3. The first-order chi connectivity index (χ1) is 15.2. The highest BCUT2D eigenvalue weighted by Gasteiger charge is 2.30. The number of hydrogen-bond donors (Lipinski definition) is 1. The summed E-state index contributed by atoms with van der Waals surface area (Å²) >= 11 is 0. The third-order valence-corrected chi connectivity index (χ3v) is 5.04. The number of nitrogens with one attached hydrogen (secondary N) is 1. The first-order valence-electron chi connectivity index (χ1n) is 10.3. The van der Waals surface area contributed by atoms with Gasteiger partial charge in [-0.2, -0.15) is 13.2 Å². The molecule has 7 heteroatoms. The van der Waals surface area contributed by atoms with E-state index < -0.39 is 17.7 Å². The van der Waals surface area contributed by atoms with Gasteiger partial charge in [0, 0.05) is 11.9 Å². The van der Waals surface area contributed by atoms with Crippen LogP contribution in [0.1, 0.15) is 47.9 Å². The molecule has 0 aliphatic rings. The quantitative estimate of drug-likeness (QED) is 0.411. The van der Waals surface area contributed by atoms with Crippen molar-refractivity contribution in [2.45, 2.75) is 32.5 Å². The van der Waals surface area contributed by atoms with Gasteiger partial charge in [-0.3, -0.25) is 4.98 Å². The minimum Gasteiger partial charge on any atom is -0.465 e. The third-order valence-electron chi connectivity index (χ3n) is 5.04. The zero-order chi connectivity index (χ0) is 23.3. The minimum atomic E-state index is -4.35. The number of aromatic nitrogens is 1. The highest BCUT2D eigenvalue weighted by atomic mass is 19.4. The van der Waals surface area contributed by atoms with Crippen LogP contribution in [0.5, 0.6) is 0 Å². The van der Waals surface area contributed by atoms with Crippen LogP contribution in [0.25, 0.3) is 11.1 Å². The van der Waals surface area contributed by atoms with E-state index in [0.29, 0.717) is 17.0 Å². The van der Waals surface area contributed by atoms with Gasteiger partial charge in [-0.05, 0) is 59.9 Å². The molecule has 4 nitrogen and oxygen atoms in total. The van der Waals surface area contributed by atoms with Crippen LogP contribution in [0, 0.1) is 5.92 Å². The average molecular weight is 442 g/mol. The summed E-state index contributed by atoms with van der Waals surface area (Å²) in [4.78, 5) is 16.1. The van der Waals surface area contributed by atoms with Crippen molar-refractivity contribution < 1.29 is 22.7 Å². The number of halogens is 3. The van der Waals surface area contributed by atoms with Crippen molar-refractivity contribution in [1.29, 1.82) is 0 Å². The second-order valence-corrected chi connectivity index (χ2v) is 7.94. The minimum absolute atomic E-state index is 0.0707. The summed E-state index contributed by atoms with van der Waals surface area (Å²) in [5.41, 5.74) is 2.93. The van der Waals surface area contributed by atoms with E-state index in [1.54, 1.807) is 6.07 Å². The molecule has 0 amide bonds. The molecule has 0 radical (unpaired) electrons. The van der Waals surface area contributed by atoms with Gasteiger partial charge in [-0.15, -0.1) is 0 Å². The van der Waals surface area contributed by atoms with E-state index in [0.717, 1.165) is 35.5 Å². The van der Waals surface area contributed by atoms with E-state index in [1.165, 1.54) is 25.4 Å². The number of rotatable bonds is 7. The number of carbonyl (C=O) groups excluding carboxylic acids is 1. The van der Waals surface area contributed by atoms with E-state index in [1.807, 2.05) is 30.3 Å². The van der Waals surface area contributed by atoms with E-state index in [-0.39, 0.29) is 6.04 Å². The molecule has 1 unspecified atom stereocenters. The molecule has 0 spiro atoms. The molecule has 32 heavy (non-hydrogen) atoms. The van der Waals surface area contributed by atoms with Crippen LogP contribution >= 0.6 is 0 Å². The number of ether oxygens (including phenoxy) is 1. The Labute approximate surface area is 185 Å². The van der Waals surface area contributed by atoms with Crippen LogP contribution < -0.4 is 5.32 Å². The molecule has 168 valence electrons. The second kappa shape index (κ2) is 9.85. The van der Waals surface area contributed by atoms with Crippen molar-refractivity contribution in [2.75, 3.05) is 12.4 Å². The van der Waals surface area contributed by atoms with Crippen LogP contribution in [-0.2, 0) is 10.9 Å². The van der Waals surface area contributed by atoms with Gasteiger partial charge in [0.15, 0.2) is 0 Å². The van der Waals surface area contributed by atoms with Crippen LogP contribution in [0.15, 0.2) is 66.9 Å². The topological polar surface area (TPSA) is 51.2 Å². The lowest BCUT2D eigenvalue weighted by molar-refractivity contribution is -0.137. The maximum atomic E-state index is 12.8. The van der Waals surface area contributed by atoms with E-state index >= 15 is 0 Å². The number of methoxy groups -OCH3 is 1. The van der Waals surface area contributed by atoms with Crippen LogP contribution in [0.3, 0.4) is 0 Å². The monoisotopic (exact) mass is 442 g/mol. The number of anilines is 1. The Morgan fingerprint density at radius 3 is 2.03 bits per heavy atom. The number of pyridine rings is 1. The maximum absolute atomic E-state index is 12.8. The fourth-order valence-electron chi connectivity index (χ4n) is 3.39. The summed E-state index contributed by atoms with van der Waals surface area (Å²) in [6.45, 7) is 4.23. The van der Waals surface area contributed by atoms with Crippen molar-refractivity contribution in [3.8, 4) is 11.1 Å². The largest absolute Gasteiger partial charge is 0.465 e. The van der Waals surface area contributed by atoms with E-state index in [2.05, 4.69) is 24.1 Å². The molecule has 3 aromatic rings. The van der Waals surface area contributed by atoms with E-state index in [4.69, 9.17) is 4.74 Å². The van der Waals surface area contributed by atoms with Gasteiger partial charge in [0.25, 0.3) is 0 Å². The molecule has 1 N–H and O–H groups in total.